The highest BCUT2D eigenvalue weighted by molar-refractivity contribution is 8.79. The van der Waals surface area contributed by atoms with Crippen LogP contribution in [0, 0.1) is 0 Å². The van der Waals surface area contributed by atoms with Crippen LogP contribution in [0.2, 0.25) is 0 Å². The quantitative estimate of drug-likeness (QED) is 0.464. The van der Waals surface area contributed by atoms with Crippen molar-refractivity contribution >= 4 is 21.6 Å². The van der Waals surface area contributed by atoms with Gasteiger partial charge in [-0.2, -0.15) is 0 Å². The van der Waals surface area contributed by atoms with Gasteiger partial charge in [-0.1, -0.05) is 45.9 Å². The van der Waals surface area contributed by atoms with Gasteiger partial charge in [0, 0.05) is 22.7 Å². The molecule has 0 bridgehead atoms. The second-order valence-corrected chi connectivity index (χ2v) is 6.64. The van der Waals surface area contributed by atoms with E-state index in [9.17, 15) is 20.4 Å². The first-order chi connectivity index (χ1) is 8.36. The molecule has 0 saturated carbocycles. The maximum atomic E-state index is 9.46. The summed E-state index contributed by atoms with van der Waals surface area (Å²) in [7, 11) is 2.78. The highest BCUT2D eigenvalue weighted by Crippen LogP contribution is 2.43. The average molecular weight is 286 g/mol. The Morgan fingerprint density at radius 3 is 1.50 bits per heavy atom. The van der Waals surface area contributed by atoms with Gasteiger partial charge in [0.1, 0.15) is 0 Å². The zero-order chi connectivity index (χ0) is 13.2. The lowest BCUT2D eigenvalue weighted by molar-refractivity contribution is -0.116. The summed E-state index contributed by atoms with van der Waals surface area (Å²) in [6.07, 6.45) is 9.78. The van der Waals surface area contributed by atoms with Gasteiger partial charge < -0.3 is 20.4 Å². The summed E-state index contributed by atoms with van der Waals surface area (Å²) in [6, 6.07) is 0. The Hall–Kier alpha value is -0.500. The van der Waals surface area contributed by atoms with Gasteiger partial charge in [0.05, 0.1) is 0 Å². The van der Waals surface area contributed by atoms with E-state index < -0.39 is 11.6 Å². The van der Waals surface area contributed by atoms with Crippen LogP contribution in [-0.2, 0) is 0 Å². The van der Waals surface area contributed by atoms with Crippen molar-refractivity contribution in [2.45, 2.75) is 24.4 Å². The largest absolute Gasteiger partial charge is 0.362 e. The Bertz CT molecular complexity index is 405. The second kappa shape index (κ2) is 5.24. The first-order valence-electron chi connectivity index (χ1n) is 5.37. The molecule has 0 aromatic heterocycles. The highest BCUT2D eigenvalue weighted by Gasteiger charge is 2.26. The fourth-order valence-corrected chi connectivity index (χ4v) is 3.94. The Labute approximate surface area is 113 Å². The van der Waals surface area contributed by atoms with Crippen LogP contribution in [0.25, 0.3) is 0 Å². The van der Waals surface area contributed by atoms with Crippen LogP contribution in [-0.4, -0.2) is 32.0 Å². The Morgan fingerprint density at radius 2 is 1.17 bits per heavy atom. The fourth-order valence-electron chi connectivity index (χ4n) is 1.59. The first kappa shape index (κ1) is 13.9. The van der Waals surface area contributed by atoms with E-state index in [0.717, 1.165) is 9.81 Å². The van der Waals surface area contributed by atoms with Gasteiger partial charge in [0.2, 0.25) is 0 Å². The van der Waals surface area contributed by atoms with Crippen LogP contribution in [0.5, 0.6) is 0 Å². The molecule has 0 saturated heterocycles. The molecule has 0 atom stereocenters. The molecule has 98 valence electrons. The molecule has 0 unspecified atom stereocenters. The molecule has 0 aromatic rings. The number of allylic oxidation sites excluding steroid dienone is 4. The van der Waals surface area contributed by atoms with Crippen molar-refractivity contribution in [3.05, 3.63) is 46.3 Å². The summed E-state index contributed by atoms with van der Waals surface area (Å²) < 4.78 is 0. The molecule has 2 aliphatic carbocycles. The SMILES string of the molecule is OC1(O)C=CC=C(SSC2=CC=CC(O)(O)C2)C1. The summed E-state index contributed by atoms with van der Waals surface area (Å²) >= 11 is 0. The molecule has 0 fully saturated rings. The molecule has 6 heteroatoms. The normalized spacial score (nSPS) is 24.7. The number of aliphatic hydroxyl groups is 4. The van der Waals surface area contributed by atoms with Crippen molar-refractivity contribution in [2.75, 3.05) is 0 Å². The molecule has 4 nitrogen and oxygen atoms in total. The van der Waals surface area contributed by atoms with Crippen molar-refractivity contribution in [1.29, 1.82) is 0 Å². The van der Waals surface area contributed by atoms with E-state index in [4.69, 9.17) is 0 Å². The summed E-state index contributed by atoms with van der Waals surface area (Å²) in [4.78, 5) is 1.65. The minimum Gasteiger partial charge on any atom is -0.362 e. The van der Waals surface area contributed by atoms with E-state index >= 15 is 0 Å². The topological polar surface area (TPSA) is 80.9 Å². The maximum Gasteiger partial charge on any atom is 0.187 e. The lowest BCUT2D eigenvalue weighted by Gasteiger charge is -2.24. The minimum atomic E-state index is -1.78. The maximum absolute atomic E-state index is 9.46. The zero-order valence-corrected chi connectivity index (χ0v) is 11.1. The monoisotopic (exact) mass is 286 g/mol. The van der Waals surface area contributed by atoms with E-state index in [-0.39, 0.29) is 12.8 Å². The van der Waals surface area contributed by atoms with E-state index in [1.807, 2.05) is 12.2 Å². The van der Waals surface area contributed by atoms with Gasteiger partial charge in [0.25, 0.3) is 0 Å². The minimum absolute atomic E-state index is 0.147. The van der Waals surface area contributed by atoms with E-state index in [0.29, 0.717) is 0 Å². The number of hydrogen-bond donors (Lipinski definition) is 4. The Kier molecular flexibility index (Phi) is 4.05. The van der Waals surface area contributed by atoms with Gasteiger partial charge >= 0.3 is 0 Å². The molecule has 0 aromatic carbocycles. The van der Waals surface area contributed by atoms with Crippen molar-refractivity contribution in [1.82, 2.24) is 0 Å². The molecule has 0 heterocycles. The molecule has 18 heavy (non-hydrogen) atoms. The van der Waals surface area contributed by atoms with Gasteiger partial charge in [-0.3, -0.25) is 0 Å². The molecular weight excluding hydrogens is 272 g/mol. The standard InChI is InChI=1S/C12H14O4S2/c13-11(14)5-1-3-9(7-11)17-18-10-4-2-6-12(15,16)8-10/h1-6,13-16H,7-8H2. The summed E-state index contributed by atoms with van der Waals surface area (Å²) in [6.45, 7) is 0. The van der Waals surface area contributed by atoms with Crippen LogP contribution >= 0.6 is 21.6 Å². The third-order valence-electron chi connectivity index (χ3n) is 2.42. The third-order valence-corrected chi connectivity index (χ3v) is 5.02. The smallest absolute Gasteiger partial charge is 0.187 e. The van der Waals surface area contributed by atoms with Crippen molar-refractivity contribution < 1.29 is 20.4 Å². The molecule has 0 amide bonds. The molecule has 0 spiro atoms. The van der Waals surface area contributed by atoms with Gasteiger partial charge in [-0.15, -0.1) is 0 Å². The average Bonchev–Trinajstić information content (AvgIpc) is 2.24. The molecule has 4 N–H and O–H groups in total. The lowest BCUT2D eigenvalue weighted by Crippen LogP contribution is -2.26. The fraction of sp³-hybridized carbons (Fsp3) is 0.333. The molecule has 0 radical (unpaired) electrons. The first-order valence-corrected chi connectivity index (χ1v) is 7.52. The predicted molar refractivity (Wildman–Crippen MR) is 73.2 cm³/mol. The van der Waals surface area contributed by atoms with Crippen LogP contribution in [0.3, 0.4) is 0 Å². The number of hydrogen-bond acceptors (Lipinski definition) is 6. The van der Waals surface area contributed by atoms with Crippen molar-refractivity contribution in [3.8, 4) is 0 Å². The van der Waals surface area contributed by atoms with Crippen molar-refractivity contribution in [2.24, 2.45) is 0 Å². The molecule has 2 aliphatic rings. The zero-order valence-electron chi connectivity index (χ0n) is 9.48. The van der Waals surface area contributed by atoms with Gasteiger partial charge in [0.15, 0.2) is 11.6 Å². The predicted octanol–water partition coefficient (Wildman–Crippen LogP) is 1.42. The van der Waals surface area contributed by atoms with Gasteiger partial charge in [-0.25, -0.2) is 0 Å². The summed E-state index contributed by atoms with van der Waals surface area (Å²) in [5.74, 6) is -3.56. The third kappa shape index (κ3) is 4.01. The number of rotatable bonds is 3. The lowest BCUT2D eigenvalue weighted by atomic mass is 10.1. The molecule has 2 rings (SSSR count). The van der Waals surface area contributed by atoms with E-state index in [1.54, 1.807) is 12.2 Å². The summed E-state index contributed by atoms with van der Waals surface area (Å²) in [5, 5.41) is 37.9. The highest BCUT2D eigenvalue weighted by atomic mass is 33.1. The van der Waals surface area contributed by atoms with Crippen molar-refractivity contribution in [3.63, 3.8) is 0 Å². The van der Waals surface area contributed by atoms with E-state index in [1.165, 1.54) is 33.7 Å². The van der Waals surface area contributed by atoms with Crippen LogP contribution in [0.15, 0.2) is 46.3 Å². The van der Waals surface area contributed by atoms with Crippen LogP contribution in [0.4, 0.5) is 0 Å². The Balaban J connectivity index is 1.90. The second-order valence-electron chi connectivity index (χ2n) is 4.26. The molecular formula is C12H14O4S2. The summed E-state index contributed by atoms with van der Waals surface area (Å²) in [5.41, 5.74) is 0. The van der Waals surface area contributed by atoms with Crippen LogP contribution in [0.1, 0.15) is 12.8 Å². The van der Waals surface area contributed by atoms with Gasteiger partial charge in [-0.05, 0) is 12.2 Å². The molecule has 0 aliphatic heterocycles. The van der Waals surface area contributed by atoms with E-state index in [2.05, 4.69) is 0 Å². The Morgan fingerprint density at radius 1 is 0.778 bits per heavy atom. The van der Waals surface area contributed by atoms with Crippen LogP contribution < -0.4 is 0 Å².